The maximum Gasteiger partial charge on any atom is 0.264 e. The number of hydroxylamine groups is 1. The second kappa shape index (κ2) is 8.63. The molecule has 0 saturated heterocycles. The van der Waals surface area contributed by atoms with Gasteiger partial charge in [-0.15, -0.1) is 0 Å². The van der Waals surface area contributed by atoms with Crippen LogP contribution >= 0.6 is 0 Å². The summed E-state index contributed by atoms with van der Waals surface area (Å²) in [5.41, 5.74) is 5.93. The second-order valence-corrected chi connectivity index (χ2v) is 9.21. The summed E-state index contributed by atoms with van der Waals surface area (Å²) in [4.78, 5) is 16.7. The molecule has 0 spiro atoms. The van der Waals surface area contributed by atoms with Crippen molar-refractivity contribution in [3.05, 3.63) is 41.0 Å². The van der Waals surface area contributed by atoms with Crippen LogP contribution in [0.3, 0.4) is 0 Å². The monoisotopic (exact) mass is 367 g/mol. The molecule has 1 rings (SSSR count). The fourth-order valence-corrected chi connectivity index (χ4v) is 3.68. The Labute approximate surface area is 151 Å². The lowest BCUT2D eigenvalue weighted by Gasteiger charge is -2.23. The first-order chi connectivity index (χ1) is 11.6. The van der Waals surface area contributed by atoms with E-state index in [1.54, 1.807) is 12.1 Å². The lowest BCUT2D eigenvalue weighted by atomic mass is 10.0. The number of aryl methyl sites for hydroxylation is 1. The summed E-state index contributed by atoms with van der Waals surface area (Å²) in [6.45, 7) is 9.14. The Kier molecular flexibility index (Phi) is 7.38. The molecule has 140 valence electrons. The van der Waals surface area contributed by atoms with Crippen LogP contribution in [-0.2, 0) is 25.9 Å². The van der Waals surface area contributed by atoms with E-state index in [1.165, 1.54) is 32.1 Å². The Hall–Kier alpha value is -1.66. The molecule has 1 amide bonds. The Morgan fingerprint density at radius 1 is 1.12 bits per heavy atom. The molecule has 0 saturated carbocycles. The van der Waals surface area contributed by atoms with E-state index in [0.29, 0.717) is 0 Å². The maximum atomic E-state index is 12.8. The second-order valence-electron chi connectivity index (χ2n) is 6.71. The third-order valence-electron chi connectivity index (χ3n) is 4.69. The molecule has 0 unspecified atom stereocenters. The van der Waals surface area contributed by atoms with E-state index < -0.39 is 20.5 Å². The molecule has 0 radical (unpaired) electrons. The zero-order valence-electron chi connectivity index (χ0n) is 16.0. The summed E-state index contributed by atoms with van der Waals surface area (Å²) < 4.78 is 23.9. The van der Waals surface area contributed by atoms with Crippen LogP contribution in [0.2, 0.25) is 0 Å². The first-order valence-corrected chi connectivity index (χ1v) is 9.88. The Morgan fingerprint density at radius 3 is 2.16 bits per heavy atom. The topological polar surface area (TPSA) is 72.5 Å². The highest BCUT2D eigenvalue weighted by atomic mass is 32.2. The van der Waals surface area contributed by atoms with E-state index >= 15 is 0 Å². The normalized spacial score (nSPS) is 13.4. The van der Waals surface area contributed by atoms with Crippen LogP contribution in [0, 0.1) is 0 Å². The summed E-state index contributed by atoms with van der Waals surface area (Å²) in [5.74, 6) is -0.699. The Bertz CT molecular complexity index is 731. The van der Waals surface area contributed by atoms with Gasteiger partial charge in [0, 0.05) is 0 Å². The zero-order valence-corrected chi connectivity index (χ0v) is 16.8. The minimum Gasteiger partial charge on any atom is -0.277 e. The number of carbonyl (C=O) groups excluding carboxylic acids is 1. The van der Waals surface area contributed by atoms with Crippen molar-refractivity contribution >= 4 is 15.7 Å². The number of nitrogens with one attached hydrogen (secondary N) is 1. The number of hydrogen-bond acceptors (Lipinski definition) is 4. The molecule has 0 aliphatic carbocycles. The first-order valence-electron chi connectivity index (χ1n) is 8.40. The highest BCUT2D eigenvalue weighted by Gasteiger charge is 2.43. The highest BCUT2D eigenvalue weighted by molar-refractivity contribution is 7.93. The van der Waals surface area contributed by atoms with Gasteiger partial charge in [-0.05, 0) is 64.7 Å². The number of amides is 1. The average molecular weight is 368 g/mol. The molecule has 1 aromatic rings. The highest BCUT2D eigenvalue weighted by Crippen LogP contribution is 2.26. The van der Waals surface area contributed by atoms with Crippen LogP contribution in [0.5, 0.6) is 0 Å². The number of benzene rings is 1. The standard InChI is InChI=1S/C19H29NO4S/c1-7-14(2)15(3)8-9-16-10-12-17(13-11-16)25(22,23)19(4,5)18(21)20-24-6/h10-13H,7-9H2,1-6H3,(H,20,21)/b15-14-. The van der Waals surface area contributed by atoms with Crippen LogP contribution in [-0.4, -0.2) is 26.2 Å². The average Bonchev–Trinajstić information content (AvgIpc) is 2.59. The molecule has 0 bridgehead atoms. The molecule has 0 aliphatic rings. The summed E-state index contributed by atoms with van der Waals surface area (Å²) in [7, 11) is -2.56. The molecule has 0 atom stereocenters. The van der Waals surface area contributed by atoms with Gasteiger partial charge in [0.25, 0.3) is 5.91 Å². The minimum absolute atomic E-state index is 0.129. The van der Waals surface area contributed by atoms with E-state index in [-0.39, 0.29) is 4.90 Å². The molecule has 1 N–H and O–H groups in total. The van der Waals surface area contributed by atoms with Crippen LogP contribution in [0.1, 0.15) is 53.0 Å². The van der Waals surface area contributed by atoms with Gasteiger partial charge in [-0.1, -0.05) is 30.2 Å². The minimum atomic E-state index is -3.83. The molecule has 5 nitrogen and oxygen atoms in total. The van der Waals surface area contributed by atoms with E-state index in [2.05, 4.69) is 31.1 Å². The van der Waals surface area contributed by atoms with Gasteiger partial charge < -0.3 is 0 Å². The van der Waals surface area contributed by atoms with Gasteiger partial charge in [-0.3, -0.25) is 9.63 Å². The van der Waals surface area contributed by atoms with Crippen molar-refractivity contribution in [2.24, 2.45) is 0 Å². The lowest BCUT2D eigenvalue weighted by molar-refractivity contribution is -0.133. The molecular weight excluding hydrogens is 338 g/mol. The van der Waals surface area contributed by atoms with Crippen molar-refractivity contribution in [1.82, 2.24) is 5.48 Å². The summed E-state index contributed by atoms with van der Waals surface area (Å²) in [6.07, 6.45) is 2.85. The van der Waals surface area contributed by atoms with E-state index in [0.717, 1.165) is 24.8 Å². The zero-order chi connectivity index (χ0) is 19.3. The van der Waals surface area contributed by atoms with Crippen LogP contribution in [0.4, 0.5) is 0 Å². The summed E-state index contributed by atoms with van der Waals surface area (Å²) >= 11 is 0. The van der Waals surface area contributed by atoms with Crippen LogP contribution in [0.25, 0.3) is 0 Å². The summed E-state index contributed by atoms with van der Waals surface area (Å²) in [6, 6.07) is 6.76. The van der Waals surface area contributed by atoms with Gasteiger partial charge in [0.1, 0.15) is 0 Å². The third kappa shape index (κ3) is 4.92. The Balaban J connectivity index is 2.97. The molecule has 25 heavy (non-hydrogen) atoms. The van der Waals surface area contributed by atoms with Crippen molar-refractivity contribution < 1.29 is 18.0 Å². The van der Waals surface area contributed by atoms with Gasteiger partial charge >= 0.3 is 0 Å². The smallest absolute Gasteiger partial charge is 0.264 e. The van der Waals surface area contributed by atoms with Gasteiger partial charge in [-0.25, -0.2) is 13.9 Å². The van der Waals surface area contributed by atoms with Gasteiger partial charge in [0.2, 0.25) is 0 Å². The van der Waals surface area contributed by atoms with Crippen molar-refractivity contribution in [3.63, 3.8) is 0 Å². The number of allylic oxidation sites excluding steroid dienone is 2. The van der Waals surface area contributed by atoms with Crippen molar-refractivity contribution in [2.45, 2.75) is 63.5 Å². The SMILES string of the molecule is CC/C(C)=C(/C)CCc1ccc(S(=O)(=O)C(C)(C)C(=O)NOC)cc1. The van der Waals surface area contributed by atoms with Crippen LogP contribution in [0.15, 0.2) is 40.3 Å². The lowest BCUT2D eigenvalue weighted by Crippen LogP contribution is -2.47. The number of sulfone groups is 1. The van der Waals surface area contributed by atoms with E-state index in [9.17, 15) is 13.2 Å². The number of carbonyl (C=O) groups is 1. The molecule has 6 heteroatoms. The molecule has 0 aliphatic heterocycles. The van der Waals surface area contributed by atoms with E-state index in [4.69, 9.17) is 0 Å². The molecule has 0 fully saturated rings. The number of hydrogen-bond donors (Lipinski definition) is 1. The first kappa shape index (κ1) is 21.4. The summed E-state index contributed by atoms with van der Waals surface area (Å²) in [5, 5.41) is 0. The molecule has 0 aromatic heterocycles. The molecule has 0 heterocycles. The quantitative estimate of drug-likeness (QED) is 0.563. The van der Waals surface area contributed by atoms with Gasteiger partial charge in [0.15, 0.2) is 14.6 Å². The van der Waals surface area contributed by atoms with Gasteiger partial charge in [0.05, 0.1) is 12.0 Å². The predicted octanol–water partition coefficient (Wildman–Crippen LogP) is 3.60. The predicted molar refractivity (Wildman–Crippen MR) is 99.8 cm³/mol. The van der Waals surface area contributed by atoms with E-state index in [1.807, 2.05) is 12.1 Å². The largest absolute Gasteiger partial charge is 0.277 e. The van der Waals surface area contributed by atoms with Gasteiger partial charge in [-0.2, -0.15) is 0 Å². The maximum absolute atomic E-state index is 12.8. The van der Waals surface area contributed by atoms with Crippen molar-refractivity contribution in [1.29, 1.82) is 0 Å². The third-order valence-corrected chi connectivity index (χ3v) is 7.12. The fraction of sp³-hybridized carbons (Fsp3) is 0.526. The van der Waals surface area contributed by atoms with Crippen LogP contribution < -0.4 is 5.48 Å². The molecular formula is C19H29NO4S. The number of rotatable bonds is 8. The molecule has 1 aromatic carbocycles. The Morgan fingerprint density at radius 2 is 1.68 bits per heavy atom. The van der Waals surface area contributed by atoms with Crippen molar-refractivity contribution in [3.8, 4) is 0 Å². The van der Waals surface area contributed by atoms with Crippen molar-refractivity contribution in [2.75, 3.05) is 7.11 Å². The fourth-order valence-electron chi connectivity index (χ4n) is 2.31.